The predicted octanol–water partition coefficient (Wildman–Crippen LogP) is 1.18. The van der Waals surface area contributed by atoms with Crippen molar-refractivity contribution >= 4 is 45.9 Å². The minimum atomic E-state index is -3.37. The van der Waals surface area contributed by atoms with Crippen molar-refractivity contribution < 1.29 is 17.9 Å². The zero-order chi connectivity index (χ0) is 21.7. The highest BCUT2D eigenvalue weighted by atomic mass is 127. The molecule has 0 spiro atoms. The first-order valence-electron chi connectivity index (χ1n) is 10.3. The van der Waals surface area contributed by atoms with E-state index in [1.807, 2.05) is 29.2 Å². The van der Waals surface area contributed by atoms with Gasteiger partial charge >= 0.3 is 0 Å². The number of halogens is 1. The molecule has 2 aliphatic rings. The van der Waals surface area contributed by atoms with Crippen LogP contribution in [0.25, 0.3) is 0 Å². The van der Waals surface area contributed by atoms with Gasteiger partial charge in [-0.25, -0.2) is 18.1 Å². The maximum Gasteiger partial charge on any atom is 0.243 e. The van der Waals surface area contributed by atoms with Crippen LogP contribution in [0, 0.1) is 0 Å². The SMILES string of the molecule is CCNS(=O)(=O)C1CCN(C(=NCC(=O)N(C)C)NC2CCOc3ccccc32)C1.I. The van der Waals surface area contributed by atoms with E-state index in [0.29, 0.717) is 38.6 Å². The number of guanidine groups is 1. The average molecular weight is 565 g/mol. The lowest BCUT2D eigenvalue weighted by Gasteiger charge is -2.31. The van der Waals surface area contributed by atoms with Crippen molar-refractivity contribution in [3.8, 4) is 5.75 Å². The lowest BCUT2D eigenvalue weighted by Crippen LogP contribution is -2.45. The Morgan fingerprint density at radius 2 is 2.03 bits per heavy atom. The number of benzene rings is 1. The molecular weight excluding hydrogens is 533 g/mol. The smallest absolute Gasteiger partial charge is 0.243 e. The fourth-order valence-corrected chi connectivity index (χ4v) is 5.09. The Morgan fingerprint density at radius 1 is 1.29 bits per heavy atom. The van der Waals surface area contributed by atoms with Gasteiger partial charge in [0, 0.05) is 45.7 Å². The molecule has 11 heteroatoms. The molecule has 2 aliphatic heterocycles. The monoisotopic (exact) mass is 565 g/mol. The third kappa shape index (κ3) is 6.45. The molecule has 1 saturated heterocycles. The van der Waals surface area contributed by atoms with E-state index in [1.165, 1.54) is 4.90 Å². The van der Waals surface area contributed by atoms with Gasteiger partial charge in [0.1, 0.15) is 12.3 Å². The average Bonchev–Trinajstić information content (AvgIpc) is 3.22. The number of ether oxygens (including phenoxy) is 1. The number of amides is 1. The molecule has 2 N–H and O–H groups in total. The second-order valence-corrected chi connectivity index (χ2v) is 9.74. The number of hydrogen-bond donors (Lipinski definition) is 2. The van der Waals surface area contributed by atoms with Crippen molar-refractivity contribution in [1.29, 1.82) is 0 Å². The molecule has 2 atom stereocenters. The molecule has 0 aromatic heterocycles. The standard InChI is InChI=1S/C20H31N5O4S.HI/c1-4-22-30(27,28)15-9-11-25(14-15)20(21-13-19(26)24(2)3)23-17-10-12-29-18-8-6-5-7-16(17)18;/h5-8,15,17,22H,4,9-14H2,1-3H3,(H,21,23);1H. The number of nitrogens with zero attached hydrogens (tertiary/aromatic N) is 3. The van der Waals surface area contributed by atoms with Crippen LogP contribution in [0.4, 0.5) is 0 Å². The molecule has 1 fully saturated rings. The second kappa shape index (κ2) is 11.3. The summed E-state index contributed by atoms with van der Waals surface area (Å²) >= 11 is 0. The summed E-state index contributed by atoms with van der Waals surface area (Å²) in [6.45, 7) is 3.62. The third-order valence-electron chi connectivity index (χ3n) is 5.35. The van der Waals surface area contributed by atoms with Crippen molar-refractivity contribution in [3.63, 3.8) is 0 Å². The lowest BCUT2D eigenvalue weighted by atomic mass is 10.0. The molecule has 1 aromatic rings. The van der Waals surface area contributed by atoms with E-state index in [9.17, 15) is 13.2 Å². The van der Waals surface area contributed by atoms with Crippen LogP contribution < -0.4 is 14.8 Å². The van der Waals surface area contributed by atoms with Crippen molar-refractivity contribution in [2.45, 2.75) is 31.1 Å². The summed E-state index contributed by atoms with van der Waals surface area (Å²) in [5.74, 6) is 1.28. The Morgan fingerprint density at radius 3 is 2.74 bits per heavy atom. The molecule has 1 amide bonds. The molecule has 174 valence electrons. The van der Waals surface area contributed by atoms with E-state index in [0.717, 1.165) is 17.7 Å². The topological polar surface area (TPSA) is 103 Å². The number of likely N-dealkylation sites (N-methyl/N-ethyl adjacent to an activating group) is 1. The number of rotatable bonds is 6. The van der Waals surface area contributed by atoms with Crippen molar-refractivity contribution in [2.24, 2.45) is 4.99 Å². The number of para-hydroxylation sites is 1. The summed E-state index contributed by atoms with van der Waals surface area (Å²) in [7, 11) is 0.00552. The number of aliphatic imine (C=N–C) groups is 1. The minimum Gasteiger partial charge on any atom is -0.493 e. The van der Waals surface area contributed by atoms with Gasteiger partial charge in [-0.2, -0.15) is 0 Å². The molecule has 3 rings (SSSR count). The highest BCUT2D eigenvalue weighted by Gasteiger charge is 2.35. The Labute approximate surface area is 201 Å². The zero-order valence-corrected chi connectivity index (χ0v) is 21.4. The fraction of sp³-hybridized carbons (Fsp3) is 0.600. The van der Waals surface area contributed by atoms with Crippen molar-refractivity contribution in [2.75, 3.05) is 46.9 Å². The van der Waals surface area contributed by atoms with Crippen LogP contribution in [0.1, 0.15) is 31.4 Å². The van der Waals surface area contributed by atoms with Gasteiger partial charge in [-0.15, -0.1) is 24.0 Å². The summed E-state index contributed by atoms with van der Waals surface area (Å²) in [4.78, 5) is 20.1. The van der Waals surface area contributed by atoms with Crippen LogP contribution in [0.2, 0.25) is 0 Å². The number of sulfonamides is 1. The van der Waals surface area contributed by atoms with E-state index >= 15 is 0 Å². The van der Waals surface area contributed by atoms with E-state index in [1.54, 1.807) is 21.0 Å². The molecule has 2 unspecified atom stereocenters. The van der Waals surface area contributed by atoms with Gasteiger partial charge in [-0.1, -0.05) is 25.1 Å². The van der Waals surface area contributed by atoms with Gasteiger partial charge in [0.25, 0.3) is 0 Å². The third-order valence-corrected chi connectivity index (χ3v) is 7.31. The molecule has 1 aromatic carbocycles. The zero-order valence-electron chi connectivity index (χ0n) is 18.2. The van der Waals surface area contributed by atoms with Crippen molar-refractivity contribution in [1.82, 2.24) is 19.8 Å². The minimum absolute atomic E-state index is 0. The molecule has 9 nitrogen and oxygen atoms in total. The van der Waals surface area contributed by atoms with Gasteiger partial charge in [0.2, 0.25) is 15.9 Å². The summed E-state index contributed by atoms with van der Waals surface area (Å²) in [5.41, 5.74) is 1.03. The maximum atomic E-state index is 12.4. The van der Waals surface area contributed by atoms with Gasteiger partial charge < -0.3 is 19.9 Å². The van der Waals surface area contributed by atoms with Crippen molar-refractivity contribution in [3.05, 3.63) is 29.8 Å². The van der Waals surface area contributed by atoms with E-state index in [2.05, 4.69) is 15.0 Å². The summed E-state index contributed by atoms with van der Waals surface area (Å²) in [5, 5.41) is 2.96. The molecule has 2 heterocycles. The maximum absolute atomic E-state index is 12.4. The summed E-state index contributed by atoms with van der Waals surface area (Å²) < 4.78 is 33.2. The quantitative estimate of drug-likeness (QED) is 0.305. The first kappa shape index (κ1) is 25.7. The Kier molecular flexibility index (Phi) is 9.37. The number of carbonyl (C=O) groups excluding carboxylic acids is 1. The summed E-state index contributed by atoms with van der Waals surface area (Å²) in [6.07, 6.45) is 1.27. The highest BCUT2D eigenvalue weighted by molar-refractivity contribution is 14.0. The first-order chi connectivity index (χ1) is 14.3. The second-order valence-electron chi connectivity index (χ2n) is 7.70. The molecule has 0 saturated carbocycles. The van der Waals surface area contributed by atoms with Crippen LogP contribution >= 0.6 is 24.0 Å². The van der Waals surface area contributed by atoms with Gasteiger partial charge in [-0.3, -0.25) is 4.79 Å². The van der Waals surface area contributed by atoms with E-state index in [-0.39, 0.29) is 42.5 Å². The number of hydrogen-bond acceptors (Lipinski definition) is 5. The Bertz CT molecular complexity index is 893. The molecular formula is C20H32IN5O4S. The number of nitrogens with one attached hydrogen (secondary N) is 2. The van der Waals surface area contributed by atoms with E-state index in [4.69, 9.17) is 4.74 Å². The van der Waals surface area contributed by atoms with Gasteiger partial charge in [-0.05, 0) is 12.5 Å². The number of likely N-dealkylation sites (tertiary alicyclic amines) is 1. The number of fused-ring (bicyclic) bond motifs is 1. The largest absolute Gasteiger partial charge is 0.493 e. The van der Waals surface area contributed by atoms with Crippen LogP contribution in [-0.4, -0.2) is 82.2 Å². The molecule has 0 bridgehead atoms. The van der Waals surface area contributed by atoms with Crippen LogP contribution in [0.15, 0.2) is 29.3 Å². The lowest BCUT2D eigenvalue weighted by molar-refractivity contribution is -0.127. The predicted molar refractivity (Wildman–Crippen MR) is 131 cm³/mol. The Hall–Kier alpha value is -1.60. The van der Waals surface area contributed by atoms with Gasteiger partial charge in [0.05, 0.1) is 17.9 Å². The normalized spacial score (nSPS) is 21.0. The van der Waals surface area contributed by atoms with Crippen LogP contribution in [-0.2, 0) is 14.8 Å². The number of carbonyl (C=O) groups is 1. The molecule has 0 radical (unpaired) electrons. The van der Waals surface area contributed by atoms with E-state index < -0.39 is 15.3 Å². The van der Waals surface area contributed by atoms with Gasteiger partial charge in [0.15, 0.2) is 5.96 Å². The fourth-order valence-electron chi connectivity index (χ4n) is 3.66. The molecule has 0 aliphatic carbocycles. The van der Waals surface area contributed by atoms with Crippen LogP contribution in [0.5, 0.6) is 5.75 Å². The van der Waals surface area contributed by atoms with Crippen LogP contribution in [0.3, 0.4) is 0 Å². The molecule has 31 heavy (non-hydrogen) atoms. The highest BCUT2D eigenvalue weighted by Crippen LogP contribution is 2.32. The first-order valence-corrected chi connectivity index (χ1v) is 11.8. The summed E-state index contributed by atoms with van der Waals surface area (Å²) in [6, 6.07) is 7.82. The Balaban J connectivity index is 0.00000341.